The van der Waals surface area contributed by atoms with E-state index in [9.17, 15) is 0 Å². The average Bonchev–Trinajstić information content (AvgIpc) is 2.30. The maximum absolute atomic E-state index is 9.16. The Morgan fingerprint density at radius 1 is 1.44 bits per heavy atom. The summed E-state index contributed by atoms with van der Waals surface area (Å²) < 4.78 is 5.20. The molecule has 84 valence electrons. The fourth-order valence-electron chi connectivity index (χ4n) is 2.03. The minimum Gasteiger partial charge on any atom is -0.381 e. The van der Waals surface area contributed by atoms with E-state index >= 15 is 0 Å². The van der Waals surface area contributed by atoms with Crippen molar-refractivity contribution in [3.8, 4) is 6.07 Å². The summed E-state index contributed by atoms with van der Waals surface area (Å²) >= 11 is 0. The van der Waals surface area contributed by atoms with Gasteiger partial charge in [0, 0.05) is 26.5 Å². The van der Waals surface area contributed by atoms with Crippen LogP contribution in [0, 0.1) is 11.3 Å². The molecular formula is C13H16N2O. The third-order valence-corrected chi connectivity index (χ3v) is 3.17. The first-order chi connectivity index (χ1) is 7.78. The summed E-state index contributed by atoms with van der Waals surface area (Å²) in [5.74, 6) is 0. The zero-order chi connectivity index (χ0) is 11.4. The van der Waals surface area contributed by atoms with Crippen molar-refractivity contribution in [1.29, 1.82) is 5.26 Å². The molecule has 1 aliphatic carbocycles. The molecule has 1 N–H and O–H groups in total. The van der Waals surface area contributed by atoms with Crippen LogP contribution in [0.1, 0.15) is 18.4 Å². The first-order valence-corrected chi connectivity index (χ1v) is 5.51. The highest BCUT2D eigenvalue weighted by molar-refractivity contribution is 5.20. The molecule has 0 aromatic heterocycles. The summed E-state index contributed by atoms with van der Waals surface area (Å²) in [7, 11) is 1.70. The lowest BCUT2D eigenvalue weighted by molar-refractivity contribution is -0.00825. The molecule has 16 heavy (non-hydrogen) atoms. The number of nitrogens with zero attached hydrogens (tertiary/aromatic N) is 1. The van der Waals surface area contributed by atoms with Gasteiger partial charge in [0.25, 0.3) is 0 Å². The molecule has 3 nitrogen and oxygen atoms in total. The van der Waals surface area contributed by atoms with Gasteiger partial charge in [0.1, 0.15) is 5.54 Å². The minimum absolute atomic E-state index is 0.239. The third kappa shape index (κ3) is 2.24. The summed E-state index contributed by atoms with van der Waals surface area (Å²) in [6.07, 6.45) is 1.81. The van der Waals surface area contributed by atoms with Gasteiger partial charge >= 0.3 is 0 Å². The number of hydrogen-bond donors (Lipinski definition) is 1. The van der Waals surface area contributed by atoms with Crippen LogP contribution in [0.15, 0.2) is 30.3 Å². The summed E-state index contributed by atoms with van der Waals surface area (Å²) in [4.78, 5) is 0. The van der Waals surface area contributed by atoms with Gasteiger partial charge in [-0.25, -0.2) is 0 Å². The van der Waals surface area contributed by atoms with Crippen molar-refractivity contribution in [2.45, 2.75) is 31.0 Å². The van der Waals surface area contributed by atoms with Crippen LogP contribution < -0.4 is 5.32 Å². The van der Waals surface area contributed by atoms with Crippen molar-refractivity contribution in [1.82, 2.24) is 5.32 Å². The molecule has 3 heteroatoms. The number of hydrogen-bond acceptors (Lipinski definition) is 3. The number of nitriles is 1. The summed E-state index contributed by atoms with van der Waals surface area (Å²) in [6, 6.07) is 12.5. The first kappa shape index (κ1) is 11.1. The molecule has 0 heterocycles. The van der Waals surface area contributed by atoms with E-state index in [2.05, 4.69) is 23.5 Å². The van der Waals surface area contributed by atoms with E-state index in [1.54, 1.807) is 7.11 Å². The van der Waals surface area contributed by atoms with Crippen molar-refractivity contribution in [2.75, 3.05) is 7.11 Å². The number of ether oxygens (including phenoxy) is 1. The highest BCUT2D eigenvalue weighted by Crippen LogP contribution is 2.33. The second kappa shape index (κ2) is 4.65. The second-order valence-electron chi connectivity index (χ2n) is 4.30. The van der Waals surface area contributed by atoms with E-state index < -0.39 is 0 Å². The smallest absolute Gasteiger partial charge is 0.111 e. The van der Waals surface area contributed by atoms with Crippen LogP contribution in [-0.4, -0.2) is 18.8 Å². The largest absolute Gasteiger partial charge is 0.381 e. The summed E-state index contributed by atoms with van der Waals surface area (Å²) in [5, 5.41) is 12.5. The van der Waals surface area contributed by atoms with Crippen molar-refractivity contribution in [3.63, 3.8) is 0 Å². The quantitative estimate of drug-likeness (QED) is 0.835. The lowest BCUT2D eigenvalue weighted by atomic mass is 9.75. The zero-order valence-electron chi connectivity index (χ0n) is 9.44. The minimum atomic E-state index is -0.378. The molecule has 0 saturated heterocycles. The predicted molar refractivity (Wildman–Crippen MR) is 61.7 cm³/mol. The SMILES string of the molecule is COC1CC(C#N)(NCc2ccccc2)C1. The van der Waals surface area contributed by atoms with E-state index in [0.717, 1.165) is 19.4 Å². The molecule has 1 aliphatic rings. The number of nitrogens with one attached hydrogen (secondary N) is 1. The fourth-order valence-corrected chi connectivity index (χ4v) is 2.03. The molecule has 1 saturated carbocycles. The third-order valence-electron chi connectivity index (χ3n) is 3.17. The molecule has 1 fully saturated rings. The maximum Gasteiger partial charge on any atom is 0.111 e. The lowest BCUT2D eigenvalue weighted by Crippen LogP contribution is -2.56. The Bertz CT molecular complexity index is 377. The van der Waals surface area contributed by atoms with Crippen molar-refractivity contribution in [2.24, 2.45) is 0 Å². The van der Waals surface area contributed by atoms with E-state index in [1.165, 1.54) is 5.56 Å². The van der Waals surface area contributed by atoms with Crippen LogP contribution in [0.25, 0.3) is 0 Å². The highest BCUT2D eigenvalue weighted by atomic mass is 16.5. The van der Waals surface area contributed by atoms with Crippen LogP contribution in [0.4, 0.5) is 0 Å². The van der Waals surface area contributed by atoms with Gasteiger partial charge < -0.3 is 4.74 Å². The monoisotopic (exact) mass is 216 g/mol. The van der Waals surface area contributed by atoms with Crippen molar-refractivity contribution in [3.05, 3.63) is 35.9 Å². The fraction of sp³-hybridized carbons (Fsp3) is 0.462. The number of benzene rings is 1. The molecule has 2 rings (SSSR count). The van der Waals surface area contributed by atoms with Gasteiger partial charge in [-0.2, -0.15) is 5.26 Å². The molecular weight excluding hydrogens is 200 g/mol. The topological polar surface area (TPSA) is 45.0 Å². The van der Waals surface area contributed by atoms with Gasteiger partial charge in [0.15, 0.2) is 0 Å². The van der Waals surface area contributed by atoms with E-state index in [1.807, 2.05) is 18.2 Å². The van der Waals surface area contributed by atoms with E-state index in [4.69, 9.17) is 10.00 Å². The molecule has 1 aromatic carbocycles. The Labute approximate surface area is 96.0 Å². The van der Waals surface area contributed by atoms with E-state index in [0.29, 0.717) is 0 Å². The number of rotatable bonds is 4. The van der Waals surface area contributed by atoms with Crippen LogP contribution >= 0.6 is 0 Å². The first-order valence-electron chi connectivity index (χ1n) is 5.51. The Morgan fingerprint density at radius 3 is 2.69 bits per heavy atom. The van der Waals surface area contributed by atoms with Gasteiger partial charge in [-0.1, -0.05) is 30.3 Å². The van der Waals surface area contributed by atoms with Gasteiger partial charge in [0.05, 0.1) is 12.2 Å². The molecule has 0 aliphatic heterocycles. The van der Waals surface area contributed by atoms with Crippen LogP contribution in [0.5, 0.6) is 0 Å². The Hall–Kier alpha value is -1.37. The van der Waals surface area contributed by atoms with Gasteiger partial charge in [-0.05, 0) is 5.56 Å². The molecule has 0 amide bonds. The molecule has 0 unspecified atom stereocenters. The normalized spacial score (nSPS) is 28.1. The molecule has 0 bridgehead atoms. The summed E-state index contributed by atoms with van der Waals surface area (Å²) in [6.45, 7) is 0.741. The summed E-state index contributed by atoms with van der Waals surface area (Å²) in [5.41, 5.74) is 0.828. The average molecular weight is 216 g/mol. The van der Waals surface area contributed by atoms with Crippen molar-refractivity contribution < 1.29 is 4.74 Å². The Morgan fingerprint density at radius 2 is 2.12 bits per heavy atom. The Kier molecular flexibility index (Phi) is 3.23. The van der Waals surface area contributed by atoms with Crippen LogP contribution in [-0.2, 0) is 11.3 Å². The van der Waals surface area contributed by atoms with E-state index in [-0.39, 0.29) is 11.6 Å². The van der Waals surface area contributed by atoms with Gasteiger partial charge in [0.2, 0.25) is 0 Å². The predicted octanol–water partition coefficient (Wildman–Crippen LogP) is 1.85. The molecule has 0 atom stereocenters. The number of methoxy groups -OCH3 is 1. The van der Waals surface area contributed by atoms with Crippen LogP contribution in [0.2, 0.25) is 0 Å². The standard InChI is InChI=1S/C13H16N2O/c1-16-12-7-13(8-12,10-14)15-9-11-5-3-2-4-6-11/h2-6,12,15H,7-9H2,1H3. The molecule has 0 radical (unpaired) electrons. The molecule has 1 aromatic rings. The van der Waals surface area contributed by atoms with Crippen molar-refractivity contribution >= 4 is 0 Å². The second-order valence-corrected chi connectivity index (χ2v) is 4.30. The molecule has 0 spiro atoms. The van der Waals surface area contributed by atoms with Gasteiger partial charge in [-0.3, -0.25) is 5.32 Å². The lowest BCUT2D eigenvalue weighted by Gasteiger charge is -2.42. The van der Waals surface area contributed by atoms with Crippen LogP contribution in [0.3, 0.4) is 0 Å². The maximum atomic E-state index is 9.16. The zero-order valence-corrected chi connectivity index (χ0v) is 9.44. The Balaban J connectivity index is 1.88. The highest BCUT2D eigenvalue weighted by Gasteiger charge is 2.44. The van der Waals surface area contributed by atoms with Gasteiger partial charge in [-0.15, -0.1) is 0 Å².